The molecule has 3 rings (SSSR count). The molecule has 1 aliphatic carbocycles. The molecule has 1 aliphatic heterocycles. The van der Waals surface area contributed by atoms with Crippen molar-refractivity contribution in [3.05, 3.63) is 51.7 Å². The molecule has 0 saturated heterocycles. The van der Waals surface area contributed by atoms with Crippen LogP contribution in [0.15, 0.2) is 33.5 Å². The van der Waals surface area contributed by atoms with Crippen LogP contribution in [0.25, 0.3) is 22.6 Å². The highest BCUT2D eigenvalue weighted by molar-refractivity contribution is 5.77. The molecule has 0 amide bonds. The van der Waals surface area contributed by atoms with Crippen molar-refractivity contribution in [1.29, 1.82) is 0 Å². The summed E-state index contributed by atoms with van der Waals surface area (Å²) < 4.78 is 32.3. The Morgan fingerprint density at radius 3 is 2.68 bits per heavy atom. The Kier molecular flexibility index (Phi) is 2.55. The molecule has 96 valence electrons. The smallest absolute Gasteiger partial charge is 0.218 e. The van der Waals surface area contributed by atoms with Gasteiger partial charge in [0.1, 0.15) is 17.0 Å². The number of nitrogens with zero attached hydrogens (tertiary/aromatic N) is 1. The molecule has 1 heterocycles. The van der Waals surface area contributed by atoms with E-state index in [2.05, 4.69) is 4.98 Å². The third-order valence-corrected chi connectivity index (χ3v) is 2.98. The minimum absolute atomic E-state index is 0.188. The van der Waals surface area contributed by atoms with E-state index in [1.54, 1.807) is 6.07 Å². The molecule has 0 radical (unpaired) electrons. The first-order valence-corrected chi connectivity index (χ1v) is 5.81. The highest BCUT2D eigenvalue weighted by atomic mass is 19.1. The second kappa shape index (κ2) is 4.12. The topological polar surface area (TPSA) is 43.1 Å². The monoisotopic (exact) mass is 261 g/mol. The first-order chi connectivity index (χ1) is 9.08. The van der Waals surface area contributed by atoms with E-state index in [-0.39, 0.29) is 17.3 Å². The van der Waals surface area contributed by atoms with Gasteiger partial charge >= 0.3 is 0 Å². The van der Waals surface area contributed by atoms with Gasteiger partial charge in [-0.2, -0.15) is 0 Å². The summed E-state index contributed by atoms with van der Waals surface area (Å²) in [5.74, 6) is -1.09. The lowest BCUT2D eigenvalue weighted by molar-refractivity contribution is 0.585. The van der Waals surface area contributed by atoms with Crippen molar-refractivity contribution >= 4 is 11.1 Å². The first-order valence-electron chi connectivity index (χ1n) is 5.81. The van der Waals surface area contributed by atoms with E-state index >= 15 is 0 Å². The van der Waals surface area contributed by atoms with Gasteiger partial charge in [0.15, 0.2) is 17.2 Å². The fraction of sp³-hybridized carbons (Fsp3) is 0.143. The minimum Gasteiger partial charge on any atom is -0.453 e. The average molecular weight is 261 g/mol. The SMILES string of the molecule is CCc1cc2oc3cc(=O)c(F)cc-3nc2cc1F. The number of aromatic nitrogens is 1. The lowest BCUT2D eigenvalue weighted by Gasteiger charge is -2.07. The molecule has 0 aromatic heterocycles. The van der Waals surface area contributed by atoms with Crippen LogP contribution in [0.1, 0.15) is 12.5 Å². The fourth-order valence-electron chi connectivity index (χ4n) is 1.97. The summed E-state index contributed by atoms with van der Waals surface area (Å²) in [5.41, 5.74) is 0.599. The number of halogens is 2. The highest BCUT2D eigenvalue weighted by Crippen LogP contribution is 2.26. The molecule has 0 saturated carbocycles. The average Bonchev–Trinajstić information content (AvgIpc) is 2.38. The molecule has 3 nitrogen and oxygen atoms in total. The Bertz CT molecular complexity index is 811. The lowest BCUT2D eigenvalue weighted by atomic mass is 10.1. The van der Waals surface area contributed by atoms with Gasteiger partial charge in [0.2, 0.25) is 5.43 Å². The maximum Gasteiger partial charge on any atom is 0.218 e. The van der Waals surface area contributed by atoms with Crippen LogP contribution < -0.4 is 5.43 Å². The molecule has 1 aromatic rings. The fourth-order valence-corrected chi connectivity index (χ4v) is 1.97. The Morgan fingerprint density at radius 2 is 1.95 bits per heavy atom. The van der Waals surface area contributed by atoms with E-state index in [1.165, 1.54) is 6.07 Å². The van der Waals surface area contributed by atoms with E-state index in [0.717, 1.165) is 12.1 Å². The van der Waals surface area contributed by atoms with E-state index in [0.29, 0.717) is 23.1 Å². The summed E-state index contributed by atoms with van der Waals surface area (Å²) in [6.07, 6.45) is 0.519. The van der Waals surface area contributed by atoms with Gasteiger partial charge in [0.25, 0.3) is 0 Å². The quantitative estimate of drug-likeness (QED) is 0.632. The summed E-state index contributed by atoms with van der Waals surface area (Å²) >= 11 is 0. The summed E-state index contributed by atoms with van der Waals surface area (Å²) in [6.45, 7) is 1.82. The summed E-state index contributed by atoms with van der Waals surface area (Å²) in [5, 5.41) is 0. The normalized spacial score (nSPS) is 11.3. The van der Waals surface area contributed by atoms with Crippen LogP contribution in [-0.4, -0.2) is 4.98 Å². The molecule has 1 aromatic carbocycles. The summed E-state index contributed by atoms with van der Waals surface area (Å²) in [4.78, 5) is 15.3. The second-order valence-corrected chi connectivity index (χ2v) is 4.23. The third-order valence-electron chi connectivity index (χ3n) is 2.98. The van der Waals surface area contributed by atoms with Gasteiger partial charge in [-0.25, -0.2) is 13.8 Å². The van der Waals surface area contributed by atoms with Crippen molar-refractivity contribution in [1.82, 2.24) is 4.98 Å². The number of aryl methyl sites for hydroxylation is 1. The van der Waals surface area contributed by atoms with Gasteiger partial charge in [-0.05, 0) is 18.1 Å². The van der Waals surface area contributed by atoms with Crippen molar-refractivity contribution < 1.29 is 13.2 Å². The maximum absolute atomic E-state index is 13.7. The highest BCUT2D eigenvalue weighted by Gasteiger charge is 2.14. The number of hydrogen-bond donors (Lipinski definition) is 0. The minimum atomic E-state index is -0.903. The van der Waals surface area contributed by atoms with Crippen molar-refractivity contribution in [2.24, 2.45) is 0 Å². The molecule has 0 unspecified atom stereocenters. The molecule has 0 fully saturated rings. The van der Waals surface area contributed by atoms with E-state index in [9.17, 15) is 13.6 Å². The van der Waals surface area contributed by atoms with E-state index < -0.39 is 11.2 Å². The molecule has 2 aliphatic rings. The van der Waals surface area contributed by atoms with E-state index in [1.807, 2.05) is 6.92 Å². The number of fused-ring (bicyclic) bond motifs is 2. The Labute approximate surface area is 106 Å². The zero-order chi connectivity index (χ0) is 13.6. The van der Waals surface area contributed by atoms with Crippen LogP contribution in [0.5, 0.6) is 0 Å². The van der Waals surface area contributed by atoms with Crippen molar-refractivity contribution in [2.45, 2.75) is 13.3 Å². The van der Waals surface area contributed by atoms with E-state index in [4.69, 9.17) is 4.42 Å². The van der Waals surface area contributed by atoms with Crippen LogP contribution in [0.4, 0.5) is 8.78 Å². The molecule has 5 heteroatoms. The number of hydrogen-bond acceptors (Lipinski definition) is 3. The van der Waals surface area contributed by atoms with Crippen LogP contribution in [0.2, 0.25) is 0 Å². The standard InChI is InChI=1S/C14H9F2NO2/c1-2-7-3-13-10(4-8(7)15)17-11-5-9(16)12(18)6-14(11)19-13/h3-6H,2H2,1H3. The van der Waals surface area contributed by atoms with Crippen molar-refractivity contribution in [3.63, 3.8) is 0 Å². The summed E-state index contributed by atoms with van der Waals surface area (Å²) in [6, 6.07) is 4.84. The maximum atomic E-state index is 13.7. The van der Waals surface area contributed by atoms with Crippen LogP contribution in [0.3, 0.4) is 0 Å². The molecular formula is C14H9F2NO2. The second-order valence-electron chi connectivity index (χ2n) is 4.23. The van der Waals surface area contributed by atoms with Gasteiger partial charge in [0.05, 0.1) is 0 Å². The zero-order valence-electron chi connectivity index (χ0n) is 10.0. The predicted molar refractivity (Wildman–Crippen MR) is 66.2 cm³/mol. The Hall–Kier alpha value is -2.30. The molecule has 19 heavy (non-hydrogen) atoms. The van der Waals surface area contributed by atoms with Crippen molar-refractivity contribution in [3.8, 4) is 11.5 Å². The molecule has 0 N–H and O–H groups in total. The lowest BCUT2D eigenvalue weighted by Crippen LogP contribution is -2.06. The van der Waals surface area contributed by atoms with Crippen LogP contribution >= 0.6 is 0 Å². The molecule has 0 atom stereocenters. The Morgan fingerprint density at radius 1 is 1.16 bits per heavy atom. The Balaban J connectivity index is 2.39. The third kappa shape index (κ3) is 1.87. The van der Waals surface area contributed by atoms with Gasteiger partial charge in [-0.15, -0.1) is 0 Å². The largest absolute Gasteiger partial charge is 0.453 e. The summed E-state index contributed by atoms with van der Waals surface area (Å²) in [7, 11) is 0. The van der Waals surface area contributed by atoms with Crippen LogP contribution in [-0.2, 0) is 6.42 Å². The number of rotatable bonds is 1. The van der Waals surface area contributed by atoms with Gasteiger partial charge < -0.3 is 4.42 Å². The van der Waals surface area contributed by atoms with Gasteiger partial charge in [-0.3, -0.25) is 4.79 Å². The van der Waals surface area contributed by atoms with Gasteiger partial charge in [0, 0.05) is 18.2 Å². The predicted octanol–water partition coefficient (Wildman–Crippen LogP) is 3.13. The zero-order valence-corrected chi connectivity index (χ0v) is 10.0. The molecular weight excluding hydrogens is 252 g/mol. The number of benzene rings is 2. The molecule has 0 bridgehead atoms. The first kappa shape index (κ1) is 11.8. The molecule has 0 spiro atoms. The van der Waals surface area contributed by atoms with Crippen LogP contribution in [0, 0.1) is 11.6 Å². The van der Waals surface area contributed by atoms with Crippen molar-refractivity contribution in [2.75, 3.05) is 0 Å². The van der Waals surface area contributed by atoms with Gasteiger partial charge in [-0.1, -0.05) is 6.92 Å².